The second kappa shape index (κ2) is 5.19. The van der Waals surface area contributed by atoms with Crippen LogP contribution in [0.15, 0.2) is 23.6 Å². The van der Waals surface area contributed by atoms with Gasteiger partial charge in [-0.25, -0.2) is 0 Å². The number of hydrogen-bond donors (Lipinski definition) is 2. The van der Waals surface area contributed by atoms with E-state index in [0.29, 0.717) is 6.04 Å². The Hall–Kier alpha value is -0.550. The minimum absolute atomic E-state index is 0.305. The van der Waals surface area contributed by atoms with E-state index in [9.17, 15) is 0 Å². The molecule has 2 aromatic rings. The van der Waals surface area contributed by atoms with Crippen LogP contribution in [0, 0.1) is 0 Å². The summed E-state index contributed by atoms with van der Waals surface area (Å²) >= 11 is 9.20. The summed E-state index contributed by atoms with van der Waals surface area (Å²) < 4.78 is 0.833. The minimum atomic E-state index is 0.305. The van der Waals surface area contributed by atoms with E-state index in [-0.39, 0.29) is 0 Å². The average molecular weight is 273 g/mol. The second-order valence-corrected chi connectivity index (χ2v) is 6.29. The van der Waals surface area contributed by atoms with E-state index < -0.39 is 0 Å². The zero-order valence-corrected chi connectivity index (χ0v) is 11.3. The smallest absolute Gasteiger partial charge is 0.0931 e. The van der Waals surface area contributed by atoms with Crippen molar-refractivity contribution in [3.05, 3.63) is 37.7 Å². The molecule has 1 atom stereocenters. The average Bonchev–Trinajstić information content (AvgIpc) is 2.84. The number of nitrogen functional groups attached to an aromatic ring is 1. The minimum Gasteiger partial charge on any atom is -0.398 e. The first-order chi connectivity index (χ1) is 7.66. The van der Waals surface area contributed by atoms with E-state index in [1.165, 1.54) is 9.75 Å². The highest BCUT2D eigenvalue weighted by atomic mass is 35.5. The summed E-state index contributed by atoms with van der Waals surface area (Å²) in [5.74, 6) is 0. The Balaban J connectivity index is 1.93. The molecule has 2 rings (SSSR count). The van der Waals surface area contributed by atoms with Crippen LogP contribution in [0.1, 0.15) is 22.7 Å². The zero-order valence-electron chi connectivity index (χ0n) is 8.87. The molecule has 86 valence electrons. The molecular formula is C11H13ClN2S2. The number of thiophene rings is 2. The molecule has 0 aromatic carbocycles. The molecule has 0 spiro atoms. The molecule has 5 heteroatoms. The highest BCUT2D eigenvalue weighted by Crippen LogP contribution is 2.27. The van der Waals surface area contributed by atoms with Crippen molar-refractivity contribution < 1.29 is 0 Å². The predicted octanol–water partition coefficient (Wildman–Crippen LogP) is 3.90. The summed E-state index contributed by atoms with van der Waals surface area (Å²) in [7, 11) is 0. The summed E-state index contributed by atoms with van der Waals surface area (Å²) in [5, 5.41) is 5.45. The summed E-state index contributed by atoms with van der Waals surface area (Å²) in [6, 6.07) is 6.23. The largest absolute Gasteiger partial charge is 0.398 e. The van der Waals surface area contributed by atoms with E-state index in [2.05, 4.69) is 18.3 Å². The predicted molar refractivity (Wildman–Crippen MR) is 73.3 cm³/mol. The third kappa shape index (κ3) is 2.77. The van der Waals surface area contributed by atoms with Gasteiger partial charge in [0.05, 0.1) is 4.34 Å². The van der Waals surface area contributed by atoms with E-state index in [0.717, 1.165) is 16.6 Å². The molecule has 0 saturated carbocycles. The Morgan fingerprint density at radius 1 is 1.44 bits per heavy atom. The number of anilines is 1. The van der Waals surface area contributed by atoms with Crippen LogP contribution in [0.5, 0.6) is 0 Å². The van der Waals surface area contributed by atoms with E-state index in [4.69, 9.17) is 17.3 Å². The summed E-state index contributed by atoms with van der Waals surface area (Å²) in [6.07, 6.45) is 0. The van der Waals surface area contributed by atoms with Crippen LogP contribution in [-0.2, 0) is 6.54 Å². The van der Waals surface area contributed by atoms with Gasteiger partial charge in [-0.15, -0.1) is 22.7 Å². The van der Waals surface area contributed by atoms with Crippen LogP contribution in [0.25, 0.3) is 0 Å². The highest BCUT2D eigenvalue weighted by molar-refractivity contribution is 7.16. The fourth-order valence-corrected chi connectivity index (χ4v) is 3.24. The van der Waals surface area contributed by atoms with Gasteiger partial charge in [-0.05, 0) is 30.5 Å². The van der Waals surface area contributed by atoms with Gasteiger partial charge in [0.25, 0.3) is 0 Å². The third-order valence-corrected chi connectivity index (χ3v) is 4.72. The van der Waals surface area contributed by atoms with Crippen molar-refractivity contribution in [1.82, 2.24) is 5.32 Å². The lowest BCUT2D eigenvalue weighted by molar-refractivity contribution is 0.588. The van der Waals surface area contributed by atoms with Crippen molar-refractivity contribution in [1.29, 1.82) is 0 Å². The third-order valence-electron chi connectivity index (χ3n) is 2.37. The first kappa shape index (κ1) is 11.9. The van der Waals surface area contributed by atoms with E-state index in [1.807, 2.05) is 17.5 Å². The maximum atomic E-state index is 5.90. The Morgan fingerprint density at radius 3 is 2.81 bits per heavy atom. The molecule has 0 bridgehead atoms. The fraction of sp³-hybridized carbons (Fsp3) is 0.273. The van der Waals surface area contributed by atoms with Gasteiger partial charge in [-0.3, -0.25) is 0 Å². The van der Waals surface area contributed by atoms with Crippen LogP contribution in [0.3, 0.4) is 0 Å². The quantitative estimate of drug-likeness (QED) is 0.886. The normalized spacial score (nSPS) is 12.9. The van der Waals surface area contributed by atoms with Crippen LogP contribution in [-0.4, -0.2) is 0 Å². The van der Waals surface area contributed by atoms with Crippen LogP contribution < -0.4 is 11.1 Å². The van der Waals surface area contributed by atoms with Gasteiger partial charge in [0.2, 0.25) is 0 Å². The van der Waals surface area contributed by atoms with Crippen LogP contribution in [0.2, 0.25) is 4.34 Å². The fourth-order valence-electron chi connectivity index (χ4n) is 1.40. The van der Waals surface area contributed by atoms with Gasteiger partial charge in [0, 0.05) is 28.0 Å². The van der Waals surface area contributed by atoms with Crippen molar-refractivity contribution in [2.45, 2.75) is 19.5 Å². The Morgan fingerprint density at radius 2 is 2.25 bits per heavy atom. The lowest BCUT2D eigenvalue weighted by atomic mass is 10.2. The van der Waals surface area contributed by atoms with Gasteiger partial charge < -0.3 is 11.1 Å². The second-order valence-electron chi connectivity index (χ2n) is 3.54. The molecule has 2 nitrogen and oxygen atoms in total. The number of nitrogens with two attached hydrogens (primary N) is 1. The molecule has 16 heavy (non-hydrogen) atoms. The Bertz CT molecular complexity index is 464. The zero-order chi connectivity index (χ0) is 11.5. The van der Waals surface area contributed by atoms with Crippen LogP contribution in [0.4, 0.5) is 5.69 Å². The number of hydrogen-bond acceptors (Lipinski definition) is 4. The molecule has 2 aromatic heterocycles. The van der Waals surface area contributed by atoms with E-state index in [1.54, 1.807) is 22.7 Å². The Labute approximate surface area is 108 Å². The highest BCUT2D eigenvalue weighted by Gasteiger charge is 2.08. The topological polar surface area (TPSA) is 38.0 Å². The van der Waals surface area contributed by atoms with Crippen molar-refractivity contribution in [2.75, 3.05) is 5.73 Å². The van der Waals surface area contributed by atoms with Gasteiger partial charge in [-0.2, -0.15) is 0 Å². The maximum Gasteiger partial charge on any atom is 0.0931 e. The van der Waals surface area contributed by atoms with Crippen molar-refractivity contribution in [3.63, 3.8) is 0 Å². The molecule has 2 heterocycles. The van der Waals surface area contributed by atoms with Gasteiger partial charge in [0.1, 0.15) is 0 Å². The molecule has 1 unspecified atom stereocenters. The lowest BCUT2D eigenvalue weighted by Gasteiger charge is -2.11. The standard InChI is InChI=1S/C11H13ClN2S2/c1-7(9-2-3-11(12)16-9)14-6-10-8(13)4-5-15-10/h2-5,7,14H,6,13H2,1H3. The molecule has 0 aliphatic heterocycles. The molecule has 3 N–H and O–H groups in total. The first-order valence-electron chi connectivity index (χ1n) is 4.97. The number of rotatable bonds is 4. The molecule has 0 aliphatic carbocycles. The number of halogens is 1. The van der Waals surface area contributed by atoms with Crippen molar-refractivity contribution >= 4 is 40.0 Å². The first-order valence-corrected chi connectivity index (χ1v) is 7.04. The monoisotopic (exact) mass is 272 g/mol. The van der Waals surface area contributed by atoms with Gasteiger partial charge in [0.15, 0.2) is 0 Å². The molecule has 0 fully saturated rings. The van der Waals surface area contributed by atoms with Gasteiger partial charge in [-0.1, -0.05) is 11.6 Å². The van der Waals surface area contributed by atoms with Gasteiger partial charge >= 0.3 is 0 Å². The summed E-state index contributed by atoms with van der Waals surface area (Å²) in [4.78, 5) is 2.44. The maximum absolute atomic E-state index is 5.90. The van der Waals surface area contributed by atoms with E-state index >= 15 is 0 Å². The summed E-state index contributed by atoms with van der Waals surface area (Å²) in [5.41, 5.74) is 6.69. The molecule has 0 radical (unpaired) electrons. The van der Waals surface area contributed by atoms with Crippen molar-refractivity contribution in [2.24, 2.45) is 0 Å². The number of nitrogens with one attached hydrogen (secondary N) is 1. The molecule has 0 aliphatic rings. The van der Waals surface area contributed by atoms with Crippen molar-refractivity contribution in [3.8, 4) is 0 Å². The molecule has 0 saturated heterocycles. The lowest BCUT2D eigenvalue weighted by Crippen LogP contribution is -2.16. The van der Waals surface area contributed by atoms with Crippen LogP contribution >= 0.6 is 34.3 Å². The Kier molecular flexibility index (Phi) is 3.86. The molecular weight excluding hydrogens is 260 g/mol. The molecule has 0 amide bonds. The summed E-state index contributed by atoms with van der Waals surface area (Å²) in [6.45, 7) is 2.94. The SMILES string of the molecule is CC(NCc1sccc1N)c1ccc(Cl)s1.